The van der Waals surface area contributed by atoms with E-state index in [1.807, 2.05) is 20.8 Å². The molecule has 1 aliphatic heterocycles. The van der Waals surface area contributed by atoms with Crippen LogP contribution in [0.5, 0.6) is 0 Å². The lowest BCUT2D eigenvalue weighted by atomic mass is 10.1. The number of carbonyl (C=O) groups excluding carboxylic acids is 3. The van der Waals surface area contributed by atoms with E-state index in [-0.39, 0.29) is 28.8 Å². The molecule has 0 aromatic carbocycles. The molecule has 10 heteroatoms. The van der Waals surface area contributed by atoms with Crippen molar-refractivity contribution in [1.82, 2.24) is 29.8 Å². The molecule has 0 radical (unpaired) electrons. The number of rotatable bonds is 7. The molecule has 0 spiro atoms. The number of nitrogens with one attached hydrogen (secondary N) is 2. The van der Waals surface area contributed by atoms with Crippen molar-refractivity contribution < 1.29 is 14.4 Å². The largest absolute Gasteiger partial charge is 0.350 e. The molecule has 29 heavy (non-hydrogen) atoms. The van der Waals surface area contributed by atoms with Gasteiger partial charge in [-0.05, 0) is 19.3 Å². The van der Waals surface area contributed by atoms with Crippen molar-refractivity contribution in [1.29, 1.82) is 0 Å². The Hall–Kier alpha value is -3.17. The topological polar surface area (TPSA) is 114 Å². The number of hydrogen-bond donors (Lipinski definition) is 2. The zero-order valence-corrected chi connectivity index (χ0v) is 17.2. The Morgan fingerprint density at radius 3 is 2.41 bits per heavy atom. The highest BCUT2D eigenvalue weighted by Gasteiger charge is 2.29. The van der Waals surface area contributed by atoms with E-state index in [0.29, 0.717) is 37.8 Å². The van der Waals surface area contributed by atoms with Crippen molar-refractivity contribution in [2.45, 2.75) is 33.7 Å². The molecule has 1 fully saturated rings. The van der Waals surface area contributed by atoms with E-state index in [9.17, 15) is 14.4 Å². The fraction of sp³-hybridized carbons (Fsp3) is 0.526. The number of carbonyl (C=O) groups is 3. The van der Waals surface area contributed by atoms with Crippen LogP contribution in [0, 0.1) is 5.92 Å². The predicted molar refractivity (Wildman–Crippen MR) is 107 cm³/mol. The van der Waals surface area contributed by atoms with Gasteiger partial charge in [0, 0.05) is 33.2 Å². The molecule has 156 valence electrons. The third kappa shape index (κ3) is 4.15. The molecule has 1 aliphatic rings. The van der Waals surface area contributed by atoms with Gasteiger partial charge in [-0.1, -0.05) is 13.8 Å². The van der Waals surface area contributed by atoms with E-state index in [2.05, 4.69) is 20.8 Å². The average molecular weight is 401 g/mol. The molecule has 10 nitrogen and oxygen atoms in total. The molecule has 3 amide bonds. The Morgan fingerprint density at radius 2 is 1.83 bits per heavy atom. The smallest absolute Gasteiger partial charge is 0.274 e. The van der Waals surface area contributed by atoms with Crippen LogP contribution < -0.4 is 10.6 Å². The molecule has 0 bridgehead atoms. The minimum Gasteiger partial charge on any atom is -0.350 e. The van der Waals surface area contributed by atoms with Gasteiger partial charge in [0.05, 0.1) is 23.6 Å². The van der Waals surface area contributed by atoms with Gasteiger partial charge in [-0.2, -0.15) is 10.2 Å². The highest BCUT2D eigenvalue weighted by Crippen LogP contribution is 2.20. The first kappa shape index (κ1) is 20.6. The van der Waals surface area contributed by atoms with Crippen molar-refractivity contribution in [2.24, 2.45) is 13.0 Å². The lowest BCUT2D eigenvalue weighted by Gasteiger charge is -2.30. The molecule has 0 atom stereocenters. The van der Waals surface area contributed by atoms with Crippen LogP contribution in [0.25, 0.3) is 0 Å². The van der Waals surface area contributed by atoms with Gasteiger partial charge in [0.25, 0.3) is 17.7 Å². The quantitative estimate of drug-likeness (QED) is 0.722. The van der Waals surface area contributed by atoms with Gasteiger partial charge in [-0.15, -0.1) is 0 Å². The lowest BCUT2D eigenvalue weighted by Crippen LogP contribution is -2.42. The van der Waals surface area contributed by atoms with Crippen LogP contribution in [-0.2, 0) is 13.6 Å². The Morgan fingerprint density at radius 1 is 1.10 bits per heavy atom. The molecule has 3 heterocycles. The Kier molecular flexibility index (Phi) is 6.00. The lowest BCUT2D eigenvalue weighted by molar-refractivity contribution is 0.0648. The van der Waals surface area contributed by atoms with Crippen LogP contribution in [0.15, 0.2) is 12.4 Å². The second-order valence-corrected chi connectivity index (χ2v) is 7.46. The van der Waals surface area contributed by atoms with Crippen LogP contribution in [0.4, 0.5) is 5.69 Å². The van der Waals surface area contributed by atoms with Gasteiger partial charge in [0.2, 0.25) is 0 Å². The number of aromatic nitrogens is 4. The van der Waals surface area contributed by atoms with Crippen molar-refractivity contribution >= 4 is 23.4 Å². The molecule has 2 aromatic rings. The van der Waals surface area contributed by atoms with E-state index in [0.717, 1.165) is 6.42 Å². The fourth-order valence-electron chi connectivity index (χ4n) is 3.07. The van der Waals surface area contributed by atoms with E-state index < -0.39 is 5.91 Å². The number of hydrogen-bond acceptors (Lipinski definition) is 5. The zero-order valence-electron chi connectivity index (χ0n) is 17.2. The summed E-state index contributed by atoms with van der Waals surface area (Å²) in [6.07, 6.45) is 3.80. The van der Waals surface area contributed by atoms with Crippen LogP contribution in [0.3, 0.4) is 0 Å². The van der Waals surface area contributed by atoms with E-state index in [4.69, 9.17) is 0 Å². The normalized spacial score (nSPS) is 13.3. The van der Waals surface area contributed by atoms with Gasteiger partial charge < -0.3 is 15.5 Å². The van der Waals surface area contributed by atoms with Crippen molar-refractivity contribution in [2.75, 3.05) is 25.0 Å². The predicted octanol–water partition coefficient (Wildman–Crippen LogP) is 1.12. The van der Waals surface area contributed by atoms with E-state index >= 15 is 0 Å². The van der Waals surface area contributed by atoms with Gasteiger partial charge in [-0.25, -0.2) is 0 Å². The highest BCUT2D eigenvalue weighted by atomic mass is 16.2. The summed E-state index contributed by atoms with van der Waals surface area (Å²) in [4.78, 5) is 39.9. The summed E-state index contributed by atoms with van der Waals surface area (Å²) < 4.78 is 2.89. The third-order valence-electron chi connectivity index (χ3n) is 4.80. The molecule has 2 aromatic heterocycles. The van der Waals surface area contributed by atoms with Gasteiger partial charge >= 0.3 is 0 Å². The van der Waals surface area contributed by atoms with Crippen molar-refractivity contribution in [3.05, 3.63) is 29.3 Å². The minimum atomic E-state index is -0.512. The second-order valence-electron chi connectivity index (χ2n) is 7.46. The summed E-state index contributed by atoms with van der Waals surface area (Å²) >= 11 is 0. The number of anilines is 1. The van der Waals surface area contributed by atoms with Gasteiger partial charge in [-0.3, -0.25) is 23.7 Å². The molecule has 3 rings (SSSR count). The average Bonchev–Trinajstić information content (AvgIpc) is 3.21. The molecule has 1 saturated heterocycles. The molecule has 2 N–H and O–H groups in total. The molecule has 0 aliphatic carbocycles. The molecular weight excluding hydrogens is 374 g/mol. The molecule has 0 saturated carbocycles. The first-order chi connectivity index (χ1) is 13.8. The summed E-state index contributed by atoms with van der Waals surface area (Å²) in [6, 6.07) is 0. The Bertz CT molecular complexity index is 924. The maximum Gasteiger partial charge on any atom is 0.274 e. The Labute approximate surface area is 169 Å². The SMILES string of the molecule is CCn1ncc(NC(=O)c2c(C(=O)N3CCC3)cnn2C)c1C(=O)NCC(C)C. The Balaban J connectivity index is 1.85. The molecule has 0 unspecified atom stereocenters. The van der Waals surface area contributed by atoms with E-state index in [1.165, 1.54) is 21.8 Å². The minimum absolute atomic E-state index is 0.152. The van der Waals surface area contributed by atoms with Crippen LogP contribution >= 0.6 is 0 Å². The first-order valence-electron chi connectivity index (χ1n) is 9.80. The summed E-state index contributed by atoms with van der Waals surface area (Å²) in [6.45, 7) is 8.21. The summed E-state index contributed by atoms with van der Waals surface area (Å²) in [7, 11) is 1.60. The monoisotopic (exact) mass is 401 g/mol. The standard InChI is InChI=1S/C19H27N7O3/c1-5-26-16(17(27)20-9-12(2)3)14(11-22-26)23-18(28)15-13(10-21-24(15)4)19(29)25-7-6-8-25/h10-12H,5-9H2,1-4H3,(H,20,27)(H,23,28). The second kappa shape index (κ2) is 8.46. The number of likely N-dealkylation sites (tertiary alicyclic amines) is 1. The summed E-state index contributed by atoms with van der Waals surface area (Å²) in [5.41, 5.74) is 0.971. The highest BCUT2D eigenvalue weighted by molar-refractivity contribution is 6.12. The van der Waals surface area contributed by atoms with Crippen molar-refractivity contribution in [3.8, 4) is 0 Å². The number of nitrogens with zero attached hydrogens (tertiary/aromatic N) is 5. The van der Waals surface area contributed by atoms with Crippen molar-refractivity contribution in [3.63, 3.8) is 0 Å². The van der Waals surface area contributed by atoms with Crippen LogP contribution in [-0.4, -0.2) is 61.8 Å². The molecular formula is C19H27N7O3. The summed E-state index contributed by atoms with van der Waals surface area (Å²) in [5, 5.41) is 13.9. The van der Waals surface area contributed by atoms with Crippen LogP contribution in [0.1, 0.15) is 58.5 Å². The first-order valence-corrected chi connectivity index (χ1v) is 9.80. The van der Waals surface area contributed by atoms with Crippen LogP contribution in [0.2, 0.25) is 0 Å². The summed E-state index contributed by atoms with van der Waals surface area (Å²) in [5.74, 6) is -0.745. The zero-order chi connectivity index (χ0) is 21.1. The van der Waals surface area contributed by atoms with Gasteiger partial charge in [0.1, 0.15) is 11.4 Å². The fourth-order valence-corrected chi connectivity index (χ4v) is 3.07. The maximum absolute atomic E-state index is 13.0. The number of aryl methyl sites for hydroxylation is 2. The number of amides is 3. The van der Waals surface area contributed by atoms with Gasteiger partial charge in [0.15, 0.2) is 0 Å². The third-order valence-corrected chi connectivity index (χ3v) is 4.80. The maximum atomic E-state index is 13.0. The van der Waals surface area contributed by atoms with E-state index in [1.54, 1.807) is 11.9 Å².